The van der Waals surface area contributed by atoms with Gasteiger partial charge in [0.05, 0.1) is 6.61 Å². The molecule has 0 aliphatic carbocycles. The number of rotatable bonds is 4. The van der Waals surface area contributed by atoms with Gasteiger partial charge in [0, 0.05) is 5.33 Å². The molecule has 0 bridgehead atoms. The van der Waals surface area contributed by atoms with Crippen LogP contribution in [0, 0.1) is 0 Å². The molecular formula is C7H13BrO. The third kappa shape index (κ3) is 6.06. The zero-order valence-corrected chi connectivity index (χ0v) is 7.32. The molecular weight excluding hydrogens is 180 g/mol. The molecule has 2 heteroatoms. The van der Waals surface area contributed by atoms with Crippen LogP contribution in [0.2, 0.25) is 0 Å². The number of hydrogen-bond donors (Lipinski definition) is 1. The third-order valence-electron chi connectivity index (χ3n) is 1.08. The van der Waals surface area contributed by atoms with Crippen molar-refractivity contribution in [3.63, 3.8) is 0 Å². The first-order chi connectivity index (χ1) is 4.31. The molecule has 1 nitrogen and oxygen atoms in total. The maximum absolute atomic E-state index is 8.55. The maximum Gasteiger partial charge on any atom is 0.0639 e. The Morgan fingerprint density at radius 1 is 1.67 bits per heavy atom. The van der Waals surface area contributed by atoms with E-state index in [1.54, 1.807) is 0 Å². The quantitative estimate of drug-likeness (QED) is 0.411. The van der Waals surface area contributed by atoms with Crippen molar-refractivity contribution in [1.29, 1.82) is 0 Å². The molecule has 0 aromatic carbocycles. The van der Waals surface area contributed by atoms with Crippen molar-refractivity contribution >= 4 is 15.9 Å². The Hall–Kier alpha value is 0.180. The molecule has 0 fully saturated rings. The summed E-state index contributed by atoms with van der Waals surface area (Å²) in [5.41, 5.74) is 1.07. The molecule has 0 aromatic heterocycles. The van der Waals surface area contributed by atoms with Gasteiger partial charge in [0.25, 0.3) is 0 Å². The molecule has 0 aliphatic heterocycles. The number of unbranched alkanes of at least 4 members (excludes halogenated alkanes) is 1. The normalized spacial score (nSPS) is 12.1. The van der Waals surface area contributed by atoms with Crippen molar-refractivity contribution < 1.29 is 5.11 Å². The van der Waals surface area contributed by atoms with Crippen LogP contribution >= 0.6 is 15.9 Å². The first-order valence-corrected chi connectivity index (χ1v) is 4.26. The molecule has 0 heterocycles. The van der Waals surface area contributed by atoms with Crippen LogP contribution in [-0.2, 0) is 0 Å². The molecule has 0 rings (SSSR count). The second kappa shape index (κ2) is 6.30. The topological polar surface area (TPSA) is 20.2 Å². The van der Waals surface area contributed by atoms with E-state index in [9.17, 15) is 0 Å². The summed E-state index contributed by atoms with van der Waals surface area (Å²) in [6, 6.07) is 0. The summed E-state index contributed by atoms with van der Waals surface area (Å²) in [5.74, 6) is 0. The van der Waals surface area contributed by atoms with Gasteiger partial charge in [0.15, 0.2) is 0 Å². The molecule has 9 heavy (non-hydrogen) atoms. The van der Waals surface area contributed by atoms with E-state index in [0.29, 0.717) is 0 Å². The standard InChI is InChI=1S/C7H13BrO/c1-7(6-9)4-2-3-5-8/h4,9H,2-3,5-6H2,1H3/b7-4-. The molecule has 0 spiro atoms. The molecule has 0 radical (unpaired) electrons. The van der Waals surface area contributed by atoms with Gasteiger partial charge in [-0.25, -0.2) is 0 Å². The van der Waals surface area contributed by atoms with Crippen LogP contribution in [0.5, 0.6) is 0 Å². The Labute approximate surface area is 64.9 Å². The van der Waals surface area contributed by atoms with Gasteiger partial charge >= 0.3 is 0 Å². The number of aliphatic hydroxyl groups is 1. The van der Waals surface area contributed by atoms with Gasteiger partial charge in [0.2, 0.25) is 0 Å². The second-order valence-corrected chi connectivity index (χ2v) is 2.83. The number of alkyl halides is 1. The first-order valence-electron chi connectivity index (χ1n) is 3.13. The van der Waals surface area contributed by atoms with Crippen molar-refractivity contribution in [3.05, 3.63) is 11.6 Å². The maximum atomic E-state index is 8.55. The van der Waals surface area contributed by atoms with Gasteiger partial charge in [-0.3, -0.25) is 0 Å². The Bertz CT molecular complexity index is 88.9. The van der Waals surface area contributed by atoms with Crippen molar-refractivity contribution in [3.8, 4) is 0 Å². The summed E-state index contributed by atoms with van der Waals surface area (Å²) in [7, 11) is 0. The lowest BCUT2D eigenvalue weighted by Crippen LogP contribution is -1.83. The minimum absolute atomic E-state index is 0.197. The fourth-order valence-corrected chi connectivity index (χ4v) is 0.814. The molecule has 54 valence electrons. The average molecular weight is 193 g/mol. The second-order valence-electron chi connectivity index (χ2n) is 2.04. The predicted octanol–water partition coefficient (Wildman–Crippen LogP) is 2.10. The van der Waals surface area contributed by atoms with Crippen LogP contribution in [0.1, 0.15) is 19.8 Å². The first kappa shape index (κ1) is 9.18. The lowest BCUT2D eigenvalue weighted by Gasteiger charge is -1.92. The van der Waals surface area contributed by atoms with Crippen LogP contribution in [0.15, 0.2) is 11.6 Å². The number of hydrogen-bond acceptors (Lipinski definition) is 1. The molecule has 0 saturated heterocycles. The van der Waals surface area contributed by atoms with Crippen molar-refractivity contribution in [2.75, 3.05) is 11.9 Å². The highest BCUT2D eigenvalue weighted by Crippen LogP contribution is 1.98. The SMILES string of the molecule is C/C(=C/CCCBr)CO. The molecule has 0 amide bonds. The van der Waals surface area contributed by atoms with E-state index in [4.69, 9.17) is 5.11 Å². The molecule has 0 aromatic rings. The Balaban J connectivity index is 3.21. The summed E-state index contributed by atoms with van der Waals surface area (Å²) in [5, 5.41) is 9.60. The van der Waals surface area contributed by atoms with Crippen LogP contribution in [0.4, 0.5) is 0 Å². The van der Waals surface area contributed by atoms with Crippen LogP contribution < -0.4 is 0 Å². The van der Waals surface area contributed by atoms with E-state index in [0.717, 1.165) is 23.7 Å². The Kier molecular flexibility index (Phi) is 6.43. The molecule has 0 unspecified atom stereocenters. The van der Waals surface area contributed by atoms with E-state index in [2.05, 4.69) is 22.0 Å². The van der Waals surface area contributed by atoms with E-state index in [1.165, 1.54) is 0 Å². The lowest BCUT2D eigenvalue weighted by atomic mass is 10.2. The minimum Gasteiger partial charge on any atom is -0.392 e. The fourth-order valence-electron chi connectivity index (χ4n) is 0.490. The smallest absolute Gasteiger partial charge is 0.0639 e. The monoisotopic (exact) mass is 192 g/mol. The summed E-state index contributed by atoms with van der Waals surface area (Å²) in [6.07, 6.45) is 4.29. The molecule has 0 saturated carbocycles. The number of allylic oxidation sites excluding steroid dienone is 1. The summed E-state index contributed by atoms with van der Waals surface area (Å²) >= 11 is 3.33. The van der Waals surface area contributed by atoms with E-state index >= 15 is 0 Å². The fraction of sp³-hybridized carbons (Fsp3) is 0.714. The highest BCUT2D eigenvalue weighted by molar-refractivity contribution is 9.09. The van der Waals surface area contributed by atoms with Crippen LogP contribution in [-0.4, -0.2) is 17.0 Å². The highest BCUT2D eigenvalue weighted by atomic mass is 79.9. The molecule has 0 atom stereocenters. The summed E-state index contributed by atoms with van der Waals surface area (Å²) in [6.45, 7) is 2.14. The van der Waals surface area contributed by atoms with Gasteiger partial charge in [0.1, 0.15) is 0 Å². The highest BCUT2D eigenvalue weighted by Gasteiger charge is 1.83. The molecule has 1 N–H and O–H groups in total. The number of halogens is 1. The van der Waals surface area contributed by atoms with Gasteiger partial charge in [-0.15, -0.1) is 0 Å². The van der Waals surface area contributed by atoms with E-state index in [1.807, 2.05) is 6.92 Å². The van der Waals surface area contributed by atoms with Crippen molar-refractivity contribution in [2.45, 2.75) is 19.8 Å². The van der Waals surface area contributed by atoms with Crippen molar-refractivity contribution in [1.82, 2.24) is 0 Å². The number of aliphatic hydroxyl groups excluding tert-OH is 1. The van der Waals surface area contributed by atoms with Gasteiger partial charge in [-0.1, -0.05) is 27.6 Å². The summed E-state index contributed by atoms with van der Waals surface area (Å²) < 4.78 is 0. The largest absolute Gasteiger partial charge is 0.392 e. The minimum atomic E-state index is 0.197. The van der Waals surface area contributed by atoms with E-state index < -0.39 is 0 Å². The van der Waals surface area contributed by atoms with Gasteiger partial charge < -0.3 is 5.11 Å². The average Bonchev–Trinajstić information content (AvgIpc) is 1.89. The lowest BCUT2D eigenvalue weighted by molar-refractivity contribution is 0.331. The van der Waals surface area contributed by atoms with Gasteiger partial charge in [-0.05, 0) is 19.8 Å². The molecule has 0 aliphatic rings. The summed E-state index contributed by atoms with van der Waals surface area (Å²) in [4.78, 5) is 0. The van der Waals surface area contributed by atoms with E-state index in [-0.39, 0.29) is 6.61 Å². The zero-order chi connectivity index (χ0) is 7.11. The zero-order valence-electron chi connectivity index (χ0n) is 5.73. The third-order valence-corrected chi connectivity index (χ3v) is 1.64. The van der Waals surface area contributed by atoms with Crippen molar-refractivity contribution in [2.24, 2.45) is 0 Å². The Morgan fingerprint density at radius 2 is 2.33 bits per heavy atom. The van der Waals surface area contributed by atoms with Gasteiger partial charge in [-0.2, -0.15) is 0 Å². The Morgan fingerprint density at radius 3 is 2.78 bits per heavy atom. The van der Waals surface area contributed by atoms with Crippen LogP contribution in [0.25, 0.3) is 0 Å². The predicted molar refractivity (Wildman–Crippen MR) is 43.9 cm³/mol. The van der Waals surface area contributed by atoms with Crippen LogP contribution in [0.3, 0.4) is 0 Å².